The lowest BCUT2D eigenvalue weighted by Gasteiger charge is -2.26. The van der Waals surface area contributed by atoms with E-state index in [1.807, 2.05) is 0 Å². The van der Waals surface area contributed by atoms with Crippen molar-refractivity contribution in [3.05, 3.63) is 29.5 Å². The lowest BCUT2D eigenvalue weighted by molar-refractivity contribution is 0.122. The Kier molecular flexibility index (Phi) is 4.14. The smallest absolute Gasteiger partial charge is 0.0700 e. The van der Waals surface area contributed by atoms with Gasteiger partial charge in [0.2, 0.25) is 0 Å². The molecular weight excluding hydrogens is 284 g/mol. The Morgan fingerprint density at radius 3 is 2.52 bits per heavy atom. The summed E-state index contributed by atoms with van der Waals surface area (Å²) in [7, 11) is 0. The predicted octanol–water partition coefficient (Wildman–Crippen LogP) is 4.73. The van der Waals surface area contributed by atoms with Crippen LogP contribution in [0.4, 0.5) is 0 Å². The van der Waals surface area contributed by atoms with E-state index < -0.39 is 0 Å². The Morgan fingerprint density at radius 1 is 1.09 bits per heavy atom. The van der Waals surface area contributed by atoms with Crippen molar-refractivity contribution in [2.24, 2.45) is 0 Å². The average molecular weight is 312 g/mol. The van der Waals surface area contributed by atoms with Gasteiger partial charge < -0.3 is 5.11 Å². The van der Waals surface area contributed by atoms with Crippen molar-refractivity contribution < 1.29 is 5.11 Å². The molecule has 0 radical (unpaired) electrons. The summed E-state index contributed by atoms with van der Waals surface area (Å²) in [5.74, 6) is 0.611. The van der Waals surface area contributed by atoms with E-state index in [1.54, 1.807) is 0 Å². The number of hydrogen-bond acceptors (Lipinski definition) is 2. The summed E-state index contributed by atoms with van der Waals surface area (Å²) >= 11 is 0. The topological polar surface area (TPSA) is 38.0 Å². The Bertz CT molecular complexity index is 676. The van der Waals surface area contributed by atoms with E-state index in [1.165, 1.54) is 47.8 Å². The molecule has 0 atom stereocenters. The number of rotatable bonds is 3. The minimum absolute atomic E-state index is 0.0781. The molecule has 4 rings (SSSR count). The lowest BCUT2D eigenvalue weighted by atomic mass is 9.82. The number of fused-ring (bicyclic) bond motifs is 1. The second-order valence-electron chi connectivity index (χ2n) is 7.47. The van der Waals surface area contributed by atoms with E-state index in [0.717, 1.165) is 32.1 Å². The molecule has 2 saturated carbocycles. The van der Waals surface area contributed by atoms with Crippen molar-refractivity contribution in [1.82, 2.24) is 9.78 Å². The molecule has 1 N–H and O–H groups in total. The molecule has 1 heterocycles. The third kappa shape index (κ3) is 2.80. The van der Waals surface area contributed by atoms with Crippen LogP contribution in [0.3, 0.4) is 0 Å². The van der Waals surface area contributed by atoms with Crippen molar-refractivity contribution in [3.63, 3.8) is 0 Å². The van der Waals surface area contributed by atoms with E-state index >= 15 is 0 Å². The monoisotopic (exact) mass is 312 g/mol. The molecule has 0 unspecified atom stereocenters. The molecule has 2 fully saturated rings. The van der Waals surface area contributed by atoms with Crippen molar-refractivity contribution in [3.8, 4) is 0 Å². The van der Waals surface area contributed by atoms with Crippen LogP contribution in [0.15, 0.2) is 18.2 Å². The van der Waals surface area contributed by atoms with E-state index in [2.05, 4.69) is 29.8 Å². The Morgan fingerprint density at radius 2 is 1.83 bits per heavy atom. The third-order valence-electron chi connectivity index (χ3n) is 5.98. The number of benzene rings is 1. The van der Waals surface area contributed by atoms with Crippen LogP contribution in [0.2, 0.25) is 0 Å². The molecule has 2 aliphatic carbocycles. The highest BCUT2D eigenvalue weighted by molar-refractivity contribution is 5.83. The number of hydrogen-bond donors (Lipinski definition) is 1. The fourth-order valence-electron chi connectivity index (χ4n) is 4.57. The summed E-state index contributed by atoms with van der Waals surface area (Å²) in [6, 6.07) is 7.61. The van der Waals surface area contributed by atoms with Gasteiger partial charge in [-0.1, -0.05) is 31.9 Å². The summed E-state index contributed by atoms with van der Waals surface area (Å²) in [5.41, 5.74) is 4.04. The van der Waals surface area contributed by atoms with Crippen molar-refractivity contribution in [2.45, 2.75) is 82.8 Å². The summed E-state index contributed by atoms with van der Waals surface area (Å²) in [6.45, 7) is 2.21. The summed E-state index contributed by atoms with van der Waals surface area (Å²) in [4.78, 5) is 0. The van der Waals surface area contributed by atoms with Crippen LogP contribution >= 0.6 is 0 Å². The van der Waals surface area contributed by atoms with E-state index in [-0.39, 0.29) is 6.10 Å². The molecular formula is C20H28N2O. The van der Waals surface area contributed by atoms with Gasteiger partial charge in [0.05, 0.1) is 23.4 Å². The molecule has 0 aliphatic heterocycles. The SMILES string of the molecule is CCc1nn(C2CCCC2)c2cc(C3CCC(O)CC3)ccc12. The van der Waals surface area contributed by atoms with Gasteiger partial charge in [-0.2, -0.15) is 5.10 Å². The maximum Gasteiger partial charge on any atom is 0.0700 e. The fraction of sp³-hybridized carbons (Fsp3) is 0.650. The molecule has 23 heavy (non-hydrogen) atoms. The summed E-state index contributed by atoms with van der Waals surface area (Å²) in [5, 5.41) is 16.1. The first-order chi connectivity index (χ1) is 11.3. The number of nitrogens with zero attached hydrogens (tertiary/aromatic N) is 2. The van der Waals surface area contributed by atoms with Crippen molar-refractivity contribution in [2.75, 3.05) is 0 Å². The molecule has 3 nitrogen and oxygen atoms in total. The number of aryl methyl sites for hydroxylation is 1. The summed E-state index contributed by atoms with van der Waals surface area (Å²) < 4.78 is 2.34. The lowest BCUT2D eigenvalue weighted by Crippen LogP contribution is -2.17. The van der Waals surface area contributed by atoms with Crippen LogP contribution in [0.1, 0.15) is 81.5 Å². The average Bonchev–Trinajstić information content (AvgIpc) is 3.22. The van der Waals surface area contributed by atoms with E-state index in [0.29, 0.717) is 12.0 Å². The molecule has 1 aromatic heterocycles. The third-order valence-corrected chi connectivity index (χ3v) is 5.98. The highest BCUT2D eigenvalue weighted by Crippen LogP contribution is 2.37. The van der Waals surface area contributed by atoms with Gasteiger partial charge in [0.15, 0.2) is 0 Å². The number of aliphatic hydroxyl groups excluding tert-OH is 1. The van der Waals surface area contributed by atoms with Gasteiger partial charge in [-0.15, -0.1) is 0 Å². The first-order valence-electron chi connectivity index (χ1n) is 9.45. The number of aromatic nitrogens is 2. The van der Waals surface area contributed by atoms with Gasteiger partial charge in [-0.05, 0) is 62.5 Å². The highest BCUT2D eigenvalue weighted by atomic mass is 16.3. The van der Waals surface area contributed by atoms with Crippen LogP contribution in [0, 0.1) is 0 Å². The maximum atomic E-state index is 9.75. The zero-order valence-corrected chi connectivity index (χ0v) is 14.2. The largest absolute Gasteiger partial charge is 0.393 e. The molecule has 0 spiro atoms. The van der Waals surface area contributed by atoms with Gasteiger partial charge in [0.1, 0.15) is 0 Å². The Hall–Kier alpha value is -1.35. The van der Waals surface area contributed by atoms with E-state index in [9.17, 15) is 5.11 Å². The molecule has 0 saturated heterocycles. The van der Waals surface area contributed by atoms with Crippen LogP contribution < -0.4 is 0 Å². The van der Waals surface area contributed by atoms with Gasteiger partial charge in [0, 0.05) is 5.39 Å². The first kappa shape index (κ1) is 15.2. The Labute approximate surface area is 138 Å². The van der Waals surface area contributed by atoms with Gasteiger partial charge in [-0.25, -0.2) is 0 Å². The maximum absolute atomic E-state index is 9.75. The molecule has 2 aliphatic rings. The molecule has 2 aromatic rings. The highest BCUT2D eigenvalue weighted by Gasteiger charge is 2.24. The van der Waals surface area contributed by atoms with Crippen molar-refractivity contribution in [1.29, 1.82) is 0 Å². The van der Waals surface area contributed by atoms with Gasteiger partial charge in [0.25, 0.3) is 0 Å². The second-order valence-corrected chi connectivity index (χ2v) is 7.47. The van der Waals surface area contributed by atoms with Crippen LogP contribution in [-0.4, -0.2) is 21.0 Å². The van der Waals surface area contributed by atoms with Gasteiger partial charge in [-0.3, -0.25) is 4.68 Å². The van der Waals surface area contributed by atoms with Gasteiger partial charge >= 0.3 is 0 Å². The minimum Gasteiger partial charge on any atom is -0.393 e. The Balaban J connectivity index is 1.72. The molecule has 0 amide bonds. The molecule has 1 aromatic carbocycles. The first-order valence-corrected chi connectivity index (χ1v) is 9.45. The van der Waals surface area contributed by atoms with Crippen molar-refractivity contribution >= 4 is 10.9 Å². The molecule has 124 valence electrons. The summed E-state index contributed by atoms with van der Waals surface area (Å²) in [6.07, 6.45) is 10.3. The van der Waals surface area contributed by atoms with Crippen LogP contribution in [0.25, 0.3) is 10.9 Å². The predicted molar refractivity (Wildman–Crippen MR) is 93.8 cm³/mol. The zero-order chi connectivity index (χ0) is 15.8. The molecule has 0 bridgehead atoms. The fourth-order valence-corrected chi connectivity index (χ4v) is 4.57. The normalized spacial score (nSPS) is 26.2. The van der Waals surface area contributed by atoms with E-state index in [4.69, 9.17) is 5.10 Å². The molecule has 3 heteroatoms. The quantitative estimate of drug-likeness (QED) is 0.889. The zero-order valence-electron chi connectivity index (χ0n) is 14.2. The van der Waals surface area contributed by atoms with Crippen LogP contribution in [-0.2, 0) is 6.42 Å². The second kappa shape index (κ2) is 6.27. The van der Waals surface area contributed by atoms with Crippen LogP contribution in [0.5, 0.6) is 0 Å². The number of aliphatic hydroxyl groups is 1. The minimum atomic E-state index is -0.0781. The standard InChI is InChI=1S/C20H28N2O/c1-2-19-18-12-9-15(14-7-10-17(23)11-8-14)13-20(18)22(21-19)16-5-3-4-6-16/h9,12-14,16-17,23H,2-8,10-11H2,1H3.